The highest BCUT2D eigenvalue weighted by Crippen LogP contribution is 2.41. The second-order valence-corrected chi connectivity index (χ2v) is 3.79. The van der Waals surface area contributed by atoms with Gasteiger partial charge in [-0.2, -0.15) is 0 Å². The van der Waals surface area contributed by atoms with Crippen molar-refractivity contribution in [2.24, 2.45) is 5.92 Å². The van der Waals surface area contributed by atoms with Crippen LogP contribution in [0.15, 0.2) is 12.7 Å². The first-order valence-corrected chi connectivity index (χ1v) is 5.02. The van der Waals surface area contributed by atoms with Crippen LogP contribution < -0.4 is 0 Å². The molecule has 10 heavy (non-hydrogen) atoms. The van der Waals surface area contributed by atoms with Crippen molar-refractivity contribution in [2.45, 2.75) is 13.0 Å². The molecule has 0 spiro atoms. The molecule has 0 aromatic rings. The Balaban J connectivity index is 2.43. The first kappa shape index (κ1) is 8.19. The zero-order chi connectivity index (χ0) is 7.56. The Labute approximate surface area is 63.1 Å². The number of hydrogen-bond acceptors (Lipinski definition) is 2. The van der Waals surface area contributed by atoms with Gasteiger partial charge in [-0.15, -0.1) is 6.58 Å². The summed E-state index contributed by atoms with van der Waals surface area (Å²) in [6, 6.07) is 0. The van der Waals surface area contributed by atoms with Gasteiger partial charge in [0.2, 0.25) is 0 Å². The highest BCUT2D eigenvalue weighted by atomic mass is 31.2. The monoisotopic (exact) mass is 160 g/mol. The summed E-state index contributed by atoms with van der Waals surface area (Å²) in [6.45, 7) is 8.52. The van der Waals surface area contributed by atoms with Gasteiger partial charge < -0.3 is 9.05 Å². The van der Waals surface area contributed by atoms with Crippen LogP contribution in [-0.2, 0) is 9.05 Å². The van der Waals surface area contributed by atoms with Crippen LogP contribution >= 0.6 is 8.38 Å². The molecule has 0 radical (unpaired) electrons. The van der Waals surface area contributed by atoms with Gasteiger partial charge in [0.15, 0.2) is 8.38 Å². The summed E-state index contributed by atoms with van der Waals surface area (Å²) in [5.41, 5.74) is 0. The van der Waals surface area contributed by atoms with Crippen molar-refractivity contribution < 1.29 is 9.05 Å². The Hall–Kier alpha value is 0.0900. The lowest BCUT2D eigenvalue weighted by Crippen LogP contribution is -2.25. The molecule has 0 bridgehead atoms. The molecule has 2 nitrogen and oxygen atoms in total. The molecule has 0 aromatic heterocycles. The van der Waals surface area contributed by atoms with E-state index in [0.29, 0.717) is 5.92 Å². The Morgan fingerprint density at radius 3 is 2.90 bits per heavy atom. The zero-order valence-electron chi connectivity index (χ0n) is 6.41. The van der Waals surface area contributed by atoms with E-state index in [4.69, 9.17) is 9.05 Å². The molecular formula is C7H13O2P. The van der Waals surface area contributed by atoms with Crippen molar-refractivity contribution in [3.63, 3.8) is 0 Å². The summed E-state index contributed by atoms with van der Waals surface area (Å²) < 4.78 is 10.8. The number of hydrogen-bond donors (Lipinski definition) is 0. The van der Waals surface area contributed by atoms with E-state index in [1.54, 1.807) is 0 Å². The fourth-order valence-electron chi connectivity index (χ4n) is 0.929. The fraction of sp³-hybridized carbons (Fsp3) is 0.714. The van der Waals surface area contributed by atoms with Crippen LogP contribution in [0.4, 0.5) is 0 Å². The molecule has 3 atom stereocenters. The maximum atomic E-state index is 5.46. The van der Waals surface area contributed by atoms with E-state index in [1.807, 2.05) is 12.7 Å². The summed E-state index contributed by atoms with van der Waals surface area (Å²) in [7, 11) is -0.611. The molecule has 0 amide bonds. The lowest BCUT2D eigenvalue weighted by molar-refractivity contribution is 0.0838. The summed E-state index contributed by atoms with van der Waals surface area (Å²) in [4.78, 5) is 0. The van der Waals surface area contributed by atoms with E-state index >= 15 is 0 Å². The van der Waals surface area contributed by atoms with E-state index in [2.05, 4.69) is 13.5 Å². The molecule has 0 saturated carbocycles. The lowest BCUT2D eigenvalue weighted by Gasteiger charge is -2.30. The first-order chi connectivity index (χ1) is 4.74. The zero-order valence-corrected chi connectivity index (χ0v) is 7.30. The predicted molar refractivity (Wildman–Crippen MR) is 43.0 cm³/mol. The molecule has 1 aliphatic heterocycles. The summed E-state index contributed by atoms with van der Waals surface area (Å²) >= 11 is 0. The minimum Gasteiger partial charge on any atom is -0.334 e. The third kappa shape index (κ3) is 1.79. The minimum absolute atomic E-state index is 0.280. The van der Waals surface area contributed by atoms with Crippen molar-refractivity contribution in [1.82, 2.24) is 0 Å². The van der Waals surface area contributed by atoms with Gasteiger partial charge in [0.25, 0.3) is 0 Å². The first-order valence-electron chi connectivity index (χ1n) is 3.40. The molecule has 1 aliphatic rings. The average molecular weight is 160 g/mol. The highest BCUT2D eigenvalue weighted by molar-refractivity contribution is 7.46. The van der Waals surface area contributed by atoms with Crippen LogP contribution in [0.3, 0.4) is 0 Å². The van der Waals surface area contributed by atoms with Crippen molar-refractivity contribution in [3.8, 4) is 0 Å². The van der Waals surface area contributed by atoms with Crippen molar-refractivity contribution >= 4 is 8.38 Å². The molecule has 58 valence electrons. The second-order valence-electron chi connectivity index (χ2n) is 2.45. The van der Waals surface area contributed by atoms with Gasteiger partial charge in [-0.25, -0.2) is 0 Å². The predicted octanol–water partition coefficient (Wildman–Crippen LogP) is 2.17. The van der Waals surface area contributed by atoms with Crippen LogP contribution in [0.1, 0.15) is 6.92 Å². The summed E-state index contributed by atoms with van der Waals surface area (Å²) in [6.07, 6.45) is 2.18. The number of rotatable bonds is 1. The standard InChI is InChI=1S/C7H13O2P/c1-4-7-5-8-10(3)9-6(7)2/h4,6-7H,1,5H2,2-3H3. The van der Waals surface area contributed by atoms with Gasteiger partial charge >= 0.3 is 0 Å². The van der Waals surface area contributed by atoms with E-state index in [-0.39, 0.29) is 6.10 Å². The Morgan fingerprint density at radius 1 is 1.70 bits per heavy atom. The molecular weight excluding hydrogens is 147 g/mol. The topological polar surface area (TPSA) is 18.5 Å². The normalized spacial score (nSPS) is 41.2. The molecule has 0 aromatic carbocycles. The molecule has 1 heterocycles. The Bertz CT molecular complexity index is 127. The van der Waals surface area contributed by atoms with Crippen LogP contribution in [0, 0.1) is 5.92 Å². The highest BCUT2D eigenvalue weighted by Gasteiger charge is 2.24. The van der Waals surface area contributed by atoms with Gasteiger partial charge in [-0.05, 0) is 6.92 Å². The molecule has 1 saturated heterocycles. The SMILES string of the molecule is C=CC1COP(C)OC1C. The van der Waals surface area contributed by atoms with Crippen molar-refractivity contribution in [1.29, 1.82) is 0 Å². The maximum absolute atomic E-state index is 5.46. The molecule has 1 rings (SSSR count). The van der Waals surface area contributed by atoms with Gasteiger partial charge in [-0.1, -0.05) is 6.08 Å². The molecule has 0 aliphatic carbocycles. The smallest absolute Gasteiger partial charge is 0.167 e. The van der Waals surface area contributed by atoms with Crippen LogP contribution in [0.5, 0.6) is 0 Å². The summed E-state index contributed by atoms with van der Waals surface area (Å²) in [5.74, 6) is 0.374. The maximum Gasteiger partial charge on any atom is 0.167 e. The largest absolute Gasteiger partial charge is 0.334 e. The fourth-order valence-corrected chi connectivity index (χ4v) is 2.00. The van der Waals surface area contributed by atoms with Crippen LogP contribution in [0.2, 0.25) is 0 Å². The van der Waals surface area contributed by atoms with E-state index in [0.717, 1.165) is 6.61 Å². The third-order valence-electron chi connectivity index (χ3n) is 1.67. The summed E-state index contributed by atoms with van der Waals surface area (Å²) in [5, 5.41) is 0. The quantitative estimate of drug-likeness (QED) is 0.432. The van der Waals surface area contributed by atoms with Gasteiger partial charge in [0, 0.05) is 12.6 Å². The Kier molecular flexibility index (Phi) is 2.84. The molecule has 0 N–H and O–H groups in total. The lowest BCUT2D eigenvalue weighted by atomic mass is 10.1. The van der Waals surface area contributed by atoms with Crippen LogP contribution in [-0.4, -0.2) is 19.4 Å². The van der Waals surface area contributed by atoms with Gasteiger partial charge in [0.05, 0.1) is 12.7 Å². The molecule has 3 unspecified atom stereocenters. The molecule has 3 heteroatoms. The van der Waals surface area contributed by atoms with E-state index in [9.17, 15) is 0 Å². The van der Waals surface area contributed by atoms with Crippen molar-refractivity contribution in [2.75, 3.05) is 13.3 Å². The molecule has 1 fully saturated rings. The van der Waals surface area contributed by atoms with E-state index in [1.165, 1.54) is 0 Å². The Morgan fingerprint density at radius 2 is 2.40 bits per heavy atom. The third-order valence-corrected chi connectivity index (χ3v) is 2.81. The minimum atomic E-state index is -0.611. The van der Waals surface area contributed by atoms with Crippen molar-refractivity contribution in [3.05, 3.63) is 12.7 Å². The van der Waals surface area contributed by atoms with Crippen LogP contribution in [0.25, 0.3) is 0 Å². The van der Waals surface area contributed by atoms with Gasteiger partial charge in [0.1, 0.15) is 0 Å². The van der Waals surface area contributed by atoms with Gasteiger partial charge in [-0.3, -0.25) is 0 Å². The second kappa shape index (κ2) is 3.47. The van der Waals surface area contributed by atoms with E-state index < -0.39 is 8.38 Å². The average Bonchev–Trinajstić information content (AvgIpc) is 1.88.